The van der Waals surface area contributed by atoms with Crippen LogP contribution in [0.2, 0.25) is 0 Å². The smallest absolute Gasteiger partial charge is 0.0717 e. The second-order valence-corrected chi connectivity index (χ2v) is 5.26. The summed E-state index contributed by atoms with van der Waals surface area (Å²) in [4.78, 5) is 1.39. The highest BCUT2D eigenvalue weighted by Gasteiger charge is 1.96. The summed E-state index contributed by atoms with van der Waals surface area (Å²) in [5.74, 6) is 0. The SMILES string of the molecule is CNCc1ccc(COCCc2cccs2)cc1. The van der Waals surface area contributed by atoms with Crippen molar-refractivity contribution in [2.24, 2.45) is 0 Å². The van der Waals surface area contributed by atoms with Gasteiger partial charge in [0.05, 0.1) is 13.2 Å². The van der Waals surface area contributed by atoms with Crippen molar-refractivity contribution in [3.8, 4) is 0 Å². The molecule has 18 heavy (non-hydrogen) atoms. The highest BCUT2D eigenvalue weighted by molar-refractivity contribution is 7.09. The molecule has 2 rings (SSSR count). The molecule has 2 nitrogen and oxygen atoms in total. The van der Waals surface area contributed by atoms with Crippen LogP contribution in [0.1, 0.15) is 16.0 Å². The zero-order chi connectivity index (χ0) is 12.6. The lowest BCUT2D eigenvalue weighted by Crippen LogP contribution is -2.05. The minimum atomic E-state index is 0.700. The Morgan fingerprint density at radius 2 is 1.89 bits per heavy atom. The number of hydrogen-bond donors (Lipinski definition) is 1. The largest absolute Gasteiger partial charge is 0.376 e. The summed E-state index contributed by atoms with van der Waals surface area (Å²) in [5, 5.41) is 5.25. The van der Waals surface area contributed by atoms with E-state index in [0.717, 1.165) is 19.6 Å². The van der Waals surface area contributed by atoms with Crippen LogP contribution < -0.4 is 5.32 Å². The number of thiophene rings is 1. The number of rotatable bonds is 7. The van der Waals surface area contributed by atoms with E-state index in [-0.39, 0.29) is 0 Å². The fourth-order valence-electron chi connectivity index (χ4n) is 1.78. The van der Waals surface area contributed by atoms with Gasteiger partial charge in [0.1, 0.15) is 0 Å². The Morgan fingerprint density at radius 3 is 2.56 bits per heavy atom. The minimum Gasteiger partial charge on any atom is -0.376 e. The average molecular weight is 261 g/mol. The van der Waals surface area contributed by atoms with Gasteiger partial charge in [-0.15, -0.1) is 11.3 Å². The van der Waals surface area contributed by atoms with Crippen LogP contribution >= 0.6 is 11.3 Å². The van der Waals surface area contributed by atoms with Gasteiger partial charge in [-0.1, -0.05) is 30.3 Å². The van der Waals surface area contributed by atoms with Crippen molar-refractivity contribution in [2.45, 2.75) is 19.6 Å². The van der Waals surface area contributed by atoms with Gasteiger partial charge in [0.2, 0.25) is 0 Å². The van der Waals surface area contributed by atoms with Crippen LogP contribution in [0.3, 0.4) is 0 Å². The summed E-state index contributed by atoms with van der Waals surface area (Å²) < 4.78 is 5.68. The summed E-state index contributed by atoms with van der Waals surface area (Å²) in [6, 6.07) is 12.8. The van der Waals surface area contributed by atoms with Crippen molar-refractivity contribution >= 4 is 11.3 Å². The lowest BCUT2D eigenvalue weighted by atomic mass is 10.1. The van der Waals surface area contributed by atoms with Crippen LogP contribution in [-0.4, -0.2) is 13.7 Å². The maximum Gasteiger partial charge on any atom is 0.0717 e. The molecule has 2 aromatic rings. The number of nitrogens with one attached hydrogen (secondary N) is 1. The number of hydrogen-bond acceptors (Lipinski definition) is 3. The zero-order valence-electron chi connectivity index (χ0n) is 10.7. The Kier molecular flexibility index (Phi) is 5.39. The summed E-state index contributed by atoms with van der Waals surface area (Å²) in [5.41, 5.74) is 2.54. The summed E-state index contributed by atoms with van der Waals surface area (Å²) in [6.45, 7) is 2.41. The first-order valence-corrected chi connectivity index (χ1v) is 7.09. The van der Waals surface area contributed by atoms with Gasteiger partial charge >= 0.3 is 0 Å². The van der Waals surface area contributed by atoms with Crippen LogP contribution in [-0.2, 0) is 24.3 Å². The molecule has 3 heteroatoms. The first-order chi connectivity index (χ1) is 8.88. The Balaban J connectivity index is 1.69. The molecule has 0 atom stereocenters. The first kappa shape index (κ1) is 13.3. The third-order valence-electron chi connectivity index (χ3n) is 2.75. The van der Waals surface area contributed by atoms with Crippen LogP contribution in [0.25, 0.3) is 0 Å². The van der Waals surface area contributed by atoms with Crippen LogP contribution in [0.5, 0.6) is 0 Å². The molecule has 0 saturated heterocycles. The van der Waals surface area contributed by atoms with Gasteiger partial charge in [-0.2, -0.15) is 0 Å². The summed E-state index contributed by atoms with van der Waals surface area (Å²) >= 11 is 1.79. The lowest BCUT2D eigenvalue weighted by Gasteiger charge is -2.05. The Morgan fingerprint density at radius 1 is 1.11 bits per heavy atom. The van der Waals surface area contributed by atoms with E-state index in [0.29, 0.717) is 6.61 Å². The van der Waals surface area contributed by atoms with Gasteiger partial charge in [0, 0.05) is 17.8 Å². The van der Waals surface area contributed by atoms with E-state index in [2.05, 4.69) is 47.1 Å². The van der Waals surface area contributed by atoms with Gasteiger partial charge < -0.3 is 10.1 Å². The fourth-order valence-corrected chi connectivity index (χ4v) is 2.47. The van der Waals surface area contributed by atoms with E-state index >= 15 is 0 Å². The van der Waals surface area contributed by atoms with E-state index in [1.54, 1.807) is 11.3 Å². The van der Waals surface area contributed by atoms with Crippen molar-refractivity contribution < 1.29 is 4.74 Å². The van der Waals surface area contributed by atoms with E-state index in [1.807, 2.05) is 7.05 Å². The molecule has 0 spiro atoms. The maximum absolute atomic E-state index is 5.68. The predicted molar refractivity (Wildman–Crippen MR) is 76.9 cm³/mol. The molecule has 96 valence electrons. The standard InChI is InChI=1S/C15H19NOS/c1-16-11-13-4-6-14(7-5-13)12-17-9-8-15-3-2-10-18-15/h2-7,10,16H,8-9,11-12H2,1H3. The molecule has 1 aromatic heterocycles. The normalized spacial score (nSPS) is 10.7. The molecule has 0 aliphatic carbocycles. The van der Waals surface area contributed by atoms with E-state index in [1.165, 1.54) is 16.0 Å². The van der Waals surface area contributed by atoms with E-state index in [4.69, 9.17) is 4.74 Å². The molecule has 1 heterocycles. The fraction of sp³-hybridized carbons (Fsp3) is 0.333. The summed E-state index contributed by atoms with van der Waals surface area (Å²) in [6.07, 6.45) is 1.01. The van der Waals surface area contributed by atoms with Gasteiger partial charge in [-0.05, 0) is 29.6 Å². The Bertz CT molecular complexity index is 436. The lowest BCUT2D eigenvalue weighted by molar-refractivity contribution is 0.124. The van der Waals surface area contributed by atoms with Crippen molar-refractivity contribution in [3.63, 3.8) is 0 Å². The van der Waals surface area contributed by atoms with Gasteiger partial charge in [-0.3, -0.25) is 0 Å². The highest BCUT2D eigenvalue weighted by Crippen LogP contribution is 2.10. The molecule has 0 bridgehead atoms. The maximum atomic E-state index is 5.68. The molecule has 0 aliphatic heterocycles. The molecular formula is C15H19NOS. The van der Waals surface area contributed by atoms with Gasteiger partial charge in [0.15, 0.2) is 0 Å². The molecule has 0 unspecified atom stereocenters. The van der Waals surface area contributed by atoms with Crippen LogP contribution in [0.15, 0.2) is 41.8 Å². The van der Waals surface area contributed by atoms with Gasteiger partial charge in [-0.25, -0.2) is 0 Å². The van der Waals surface area contributed by atoms with Crippen molar-refractivity contribution in [2.75, 3.05) is 13.7 Å². The Hall–Kier alpha value is -1.16. The minimum absolute atomic E-state index is 0.700. The number of ether oxygens (including phenoxy) is 1. The predicted octanol–water partition coefficient (Wildman–Crippen LogP) is 3.23. The molecule has 1 N–H and O–H groups in total. The van der Waals surface area contributed by atoms with Crippen molar-refractivity contribution in [1.82, 2.24) is 5.32 Å². The first-order valence-electron chi connectivity index (χ1n) is 6.21. The number of benzene rings is 1. The monoisotopic (exact) mass is 261 g/mol. The molecule has 0 fully saturated rings. The summed E-state index contributed by atoms with van der Waals surface area (Å²) in [7, 11) is 1.96. The van der Waals surface area contributed by atoms with Crippen molar-refractivity contribution in [3.05, 3.63) is 57.8 Å². The second-order valence-electron chi connectivity index (χ2n) is 4.23. The average Bonchev–Trinajstić information content (AvgIpc) is 2.90. The van der Waals surface area contributed by atoms with Crippen LogP contribution in [0, 0.1) is 0 Å². The van der Waals surface area contributed by atoms with Gasteiger partial charge in [0.25, 0.3) is 0 Å². The molecule has 0 saturated carbocycles. The van der Waals surface area contributed by atoms with E-state index in [9.17, 15) is 0 Å². The second kappa shape index (κ2) is 7.31. The molecule has 0 amide bonds. The Labute approximate surface area is 113 Å². The quantitative estimate of drug-likeness (QED) is 0.773. The third-order valence-corrected chi connectivity index (χ3v) is 3.68. The molecule has 1 aromatic carbocycles. The third kappa shape index (κ3) is 4.26. The van der Waals surface area contributed by atoms with E-state index < -0.39 is 0 Å². The topological polar surface area (TPSA) is 21.3 Å². The van der Waals surface area contributed by atoms with Crippen molar-refractivity contribution in [1.29, 1.82) is 0 Å². The molecule has 0 radical (unpaired) electrons. The zero-order valence-corrected chi connectivity index (χ0v) is 11.5. The highest BCUT2D eigenvalue weighted by atomic mass is 32.1. The van der Waals surface area contributed by atoms with Crippen LogP contribution in [0.4, 0.5) is 0 Å². The molecular weight excluding hydrogens is 242 g/mol. The molecule has 0 aliphatic rings.